The first-order chi connectivity index (χ1) is 14.8. The molecule has 0 spiro atoms. The van der Waals surface area contributed by atoms with E-state index in [0.717, 1.165) is 33.7 Å². The van der Waals surface area contributed by atoms with E-state index in [9.17, 15) is 8.42 Å². The van der Waals surface area contributed by atoms with Crippen LogP contribution in [0, 0.1) is 0 Å². The molecule has 4 rings (SSSR count). The van der Waals surface area contributed by atoms with Crippen LogP contribution in [0.1, 0.15) is 0 Å². The fourth-order valence-electron chi connectivity index (χ4n) is 3.36. The summed E-state index contributed by atoms with van der Waals surface area (Å²) in [5, 5.41) is 5.74. The van der Waals surface area contributed by atoms with Crippen LogP contribution in [-0.4, -0.2) is 33.9 Å². The average molecular weight is 458 g/mol. The molecule has 0 aliphatic heterocycles. The molecule has 160 valence electrons. The minimum absolute atomic E-state index is 0.405. The Kier molecular flexibility index (Phi) is 5.51. The quantitative estimate of drug-likeness (QED) is 0.388. The van der Waals surface area contributed by atoms with Gasteiger partial charge in [0.05, 0.1) is 48.6 Å². The van der Waals surface area contributed by atoms with E-state index in [0.29, 0.717) is 27.9 Å². The Morgan fingerprint density at radius 2 is 1.71 bits per heavy atom. The van der Waals surface area contributed by atoms with E-state index in [1.165, 1.54) is 7.11 Å². The number of pyridine rings is 1. The Labute approximate surface area is 185 Å². The molecule has 0 amide bonds. The van der Waals surface area contributed by atoms with Crippen molar-refractivity contribution in [3.05, 3.63) is 59.6 Å². The lowest BCUT2D eigenvalue weighted by molar-refractivity contribution is 0.415. The van der Waals surface area contributed by atoms with Gasteiger partial charge in [-0.25, -0.2) is 13.4 Å². The highest BCUT2D eigenvalue weighted by Crippen LogP contribution is 2.38. The van der Waals surface area contributed by atoms with Gasteiger partial charge in [0.15, 0.2) is 0 Å². The normalized spacial score (nSPS) is 11.5. The van der Waals surface area contributed by atoms with Crippen LogP contribution in [0.2, 0.25) is 5.02 Å². The van der Waals surface area contributed by atoms with Gasteiger partial charge in [0.25, 0.3) is 0 Å². The van der Waals surface area contributed by atoms with Crippen molar-refractivity contribution in [2.75, 3.05) is 30.5 Å². The molecule has 9 heteroatoms. The molecule has 0 atom stereocenters. The molecule has 3 aromatic carbocycles. The first kappa shape index (κ1) is 21.0. The predicted molar refractivity (Wildman–Crippen MR) is 126 cm³/mol. The van der Waals surface area contributed by atoms with Gasteiger partial charge in [0.2, 0.25) is 10.0 Å². The summed E-state index contributed by atoms with van der Waals surface area (Å²) in [4.78, 5) is 4.73. The maximum absolute atomic E-state index is 11.6. The largest absolute Gasteiger partial charge is 0.497 e. The Balaban J connectivity index is 1.90. The van der Waals surface area contributed by atoms with Gasteiger partial charge in [0, 0.05) is 21.9 Å². The number of nitrogens with zero attached hydrogens (tertiary/aromatic N) is 1. The van der Waals surface area contributed by atoms with Gasteiger partial charge < -0.3 is 14.8 Å². The number of anilines is 3. The van der Waals surface area contributed by atoms with E-state index in [1.807, 2.05) is 30.3 Å². The minimum Gasteiger partial charge on any atom is -0.497 e. The summed E-state index contributed by atoms with van der Waals surface area (Å²) < 4.78 is 36.5. The van der Waals surface area contributed by atoms with Crippen LogP contribution in [0.15, 0.2) is 54.6 Å². The van der Waals surface area contributed by atoms with Crippen LogP contribution >= 0.6 is 11.6 Å². The van der Waals surface area contributed by atoms with Crippen molar-refractivity contribution in [1.82, 2.24) is 4.98 Å². The van der Waals surface area contributed by atoms with Crippen molar-refractivity contribution >= 4 is 60.5 Å². The molecule has 4 aromatic rings. The van der Waals surface area contributed by atoms with Crippen molar-refractivity contribution < 1.29 is 17.9 Å². The average Bonchev–Trinajstić information content (AvgIpc) is 2.72. The molecule has 0 saturated heterocycles. The van der Waals surface area contributed by atoms with Crippen molar-refractivity contribution in [3.63, 3.8) is 0 Å². The highest BCUT2D eigenvalue weighted by molar-refractivity contribution is 7.92. The molecule has 31 heavy (non-hydrogen) atoms. The third-order valence-corrected chi connectivity index (χ3v) is 5.55. The van der Waals surface area contributed by atoms with Gasteiger partial charge in [-0.15, -0.1) is 0 Å². The molecule has 0 radical (unpaired) electrons. The number of methoxy groups -OCH3 is 2. The smallest absolute Gasteiger partial charge is 0.229 e. The standard InChI is InChI=1S/C22H20ClN3O4S/c1-29-15-6-9-18-17(12-15)22(16-7-4-13(23)10-20(16)24-18)25-19-8-5-14(11-21(19)30-2)26-31(3,27)28/h4-12,26H,1-3H3,(H,24,25). The summed E-state index contributed by atoms with van der Waals surface area (Å²) in [7, 11) is -0.270. The van der Waals surface area contributed by atoms with Crippen molar-refractivity contribution in [1.29, 1.82) is 0 Å². The third-order valence-electron chi connectivity index (χ3n) is 4.71. The molecule has 0 aliphatic rings. The minimum atomic E-state index is -3.40. The molecular formula is C22H20ClN3O4S. The number of rotatable bonds is 6. The highest BCUT2D eigenvalue weighted by Gasteiger charge is 2.14. The second-order valence-corrected chi connectivity index (χ2v) is 9.13. The van der Waals surface area contributed by atoms with Crippen LogP contribution < -0.4 is 19.5 Å². The van der Waals surface area contributed by atoms with E-state index in [-0.39, 0.29) is 0 Å². The van der Waals surface area contributed by atoms with Crippen LogP contribution in [0.5, 0.6) is 11.5 Å². The summed E-state index contributed by atoms with van der Waals surface area (Å²) in [6.07, 6.45) is 1.10. The van der Waals surface area contributed by atoms with E-state index in [2.05, 4.69) is 10.0 Å². The number of ether oxygens (including phenoxy) is 2. The molecule has 0 aliphatic carbocycles. The fourth-order valence-corrected chi connectivity index (χ4v) is 4.09. The number of fused-ring (bicyclic) bond motifs is 2. The molecule has 0 fully saturated rings. The summed E-state index contributed by atoms with van der Waals surface area (Å²) in [6.45, 7) is 0. The third kappa shape index (κ3) is 4.45. The summed E-state index contributed by atoms with van der Waals surface area (Å²) in [6, 6.07) is 16.2. The van der Waals surface area contributed by atoms with Crippen LogP contribution in [0.4, 0.5) is 17.1 Å². The topological polar surface area (TPSA) is 89.5 Å². The van der Waals surface area contributed by atoms with Crippen LogP contribution in [0.25, 0.3) is 21.8 Å². The summed E-state index contributed by atoms with van der Waals surface area (Å²) in [5.74, 6) is 1.17. The lowest BCUT2D eigenvalue weighted by atomic mass is 10.1. The number of halogens is 1. The maximum Gasteiger partial charge on any atom is 0.229 e. The Bertz CT molecular complexity index is 1410. The van der Waals surface area contributed by atoms with E-state index >= 15 is 0 Å². The Morgan fingerprint density at radius 1 is 0.903 bits per heavy atom. The molecule has 2 N–H and O–H groups in total. The molecule has 0 unspecified atom stereocenters. The first-order valence-corrected chi connectivity index (χ1v) is 11.5. The second-order valence-electron chi connectivity index (χ2n) is 6.95. The number of hydrogen-bond donors (Lipinski definition) is 2. The van der Waals surface area contributed by atoms with Crippen molar-refractivity contribution in [2.45, 2.75) is 0 Å². The van der Waals surface area contributed by atoms with Crippen molar-refractivity contribution in [3.8, 4) is 11.5 Å². The lowest BCUT2D eigenvalue weighted by Crippen LogP contribution is -2.09. The first-order valence-electron chi connectivity index (χ1n) is 9.27. The molecule has 0 bridgehead atoms. The summed E-state index contributed by atoms with van der Waals surface area (Å²) in [5.41, 5.74) is 3.38. The summed E-state index contributed by atoms with van der Waals surface area (Å²) >= 11 is 6.19. The maximum atomic E-state index is 11.6. The van der Waals surface area contributed by atoms with E-state index in [4.69, 9.17) is 26.1 Å². The number of aromatic nitrogens is 1. The molecule has 1 heterocycles. The van der Waals surface area contributed by atoms with Crippen LogP contribution in [0.3, 0.4) is 0 Å². The lowest BCUT2D eigenvalue weighted by Gasteiger charge is -2.17. The monoisotopic (exact) mass is 457 g/mol. The zero-order valence-electron chi connectivity index (χ0n) is 17.1. The highest BCUT2D eigenvalue weighted by atomic mass is 35.5. The van der Waals surface area contributed by atoms with Gasteiger partial charge >= 0.3 is 0 Å². The Morgan fingerprint density at radius 3 is 2.42 bits per heavy atom. The molecule has 7 nitrogen and oxygen atoms in total. The molecular weight excluding hydrogens is 438 g/mol. The molecule has 0 saturated carbocycles. The second kappa shape index (κ2) is 8.13. The zero-order chi connectivity index (χ0) is 22.2. The number of hydrogen-bond acceptors (Lipinski definition) is 6. The van der Waals surface area contributed by atoms with Crippen LogP contribution in [-0.2, 0) is 10.0 Å². The zero-order valence-corrected chi connectivity index (χ0v) is 18.6. The fraction of sp³-hybridized carbons (Fsp3) is 0.136. The van der Waals surface area contributed by atoms with Gasteiger partial charge in [-0.05, 0) is 48.5 Å². The Hall–Kier alpha value is -3.23. The predicted octanol–water partition coefficient (Wildman–Crippen LogP) is 5.17. The van der Waals surface area contributed by atoms with Crippen molar-refractivity contribution in [2.24, 2.45) is 0 Å². The number of benzene rings is 3. The SMILES string of the molecule is COc1ccc2nc3cc(Cl)ccc3c(Nc3ccc(NS(C)(=O)=O)cc3OC)c2c1. The van der Waals surface area contributed by atoms with E-state index < -0.39 is 10.0 Å². The number of nitrogens with one attached hydrogen (secondary N) is 2. The van der Waals surface area contributed by atoms with Gasteiger partial charge in [0.1, 0.15) is 11.5 Å². The van der Waals surface area contributed by atoms with E-state index in [1.54, 1.807) is 31.4 Å². The van der Waals surface area contributed by atoms with Gasteiger partial charge in [-0.2, -0.15) is 0 Å². The number of sulfonamides is 1. The molecule has 1 aromatic heterocycles. The van der Waals surface area contributed by atoms with Gasteiger partial charge in [-0.1, -0.05) is 11.6 Å². The van der Waals surface area contributed by atoms with Gasteiger partial charge in [-0.3, -0.25) is 4.72 Å².